The smallest absolute Gasteiger partial charge is 0.163 e. The zero-order chi connectivity index (χ0) is 14.6. The molecule has 2 heterocycles. The molecular weight excluding hydrogens is 375 g/mol. The van der Waals surface area contributed by atoms with Crippen LogP contribution in [-0.4, -0.2) is 9.97 Å². The van der Waals surface area contributed by atoms with Gasteiger partial charge in [-0.2, -0.15) is 0 Å². The minimum Gasteiger partial charge on any atom is -0.217 e. The molecule has 4 rings (SSSR count). The van der Waals surface area contributed by atoms with Crippen molar-refractivity contribution < 1.29 is 4.39 Å². The number of benzene rings is 1. The highest BCUT2D eigenvalue weighted by molar-refractivity contribution is 9.10. The Balaban J connectivity index is 1.95. The Morgan fingerprint density at radius 1 is 1.24 bits per heavy atom. The lowest BCUT2D eigenvalue weighted by Gasteiger charge is -2.05. The molecule has 0 fully saturated rings. The lowest BCUT2D eigenvalue weighted by atomic mass is 10.2. The Hall–Kier alpha value is -1.04. The predicted octanol–water partition coefficient (Wildman–Crippen LogP) is 5.40. The molecule has 6 heteroatoms. The fraction of sp³-hybridized carbons (Fsp3) is 0.200. The summed E-state index contributed by atoms with van der Waals surface area (Å²) in [6.45, 7) is 0. The van der Waals surface area contributed by atoms with Crippen LogP contribution in [0.15, 0.2) is 22.7 Å². The third-order valence-electron chi connectivity index (χ3n) is 3.69. The Morgan fingerprint density at radius 3 is 2.90 bits per heavy atom. The number of halogens is 3. The fourth-order valence-electron chi connectivity index (χ4n) is 2.74. The molecule has 0 spiro atoms. The van der Waals surface area contributed by atoms with Crippen LogP contribution >= 0.6 is 38.9 Å². The molecule has 1 aliphatic carbocycles. The first-order valence-corrected chi connectivity index (χ1v) is 8.55. The van der Waals surface area contributed by atoms with E-state index in [1.807, 2.05) is 0 Å². The molecule has 2 aromatic heterocycles. The molecule has 0 unspecified atom stereocenters. The van der Waals surface area contributed by atoms with Gasteiger partial charge in [-0.25, -0.2) is 14.4 Å². The Morgan fingerprint density at radius 2 is 2.10 bits per heavy atom. The van der Waals surface area contributed by atoms with Crippen molar-refractivity contribution >= 4 is 49.1 Å². The van der Waals surface area contributed by atoms with Crippen LogP contribution in [-0.2, 0) is 12.8 Å². The second-order valence-electron chi connectivity index (χ2n) is 5.00. The first-order valence-electron chi connectivity index (χ1n) is 6.56. The molecule has 1 aliphatic rings. The summed E-state index contributed by atoms with van der Waals surface area (Å²) in [4.78, 5) is 11.3. The number of hydrogen-bond acceptors (Lipinski definition) is 3. The standard InChI is InChI=1S/C15H9BrClFN2S/c16-10-6-7(18)4-5-8(10)14-19-13(17)12-9-2-1-3-11(9)21-15(12)20-14/h4-6H,1-3H2. The van der Waals surface area contributed by atoms with Gasteiger partial charge in [0.2, 0.25) is 0 Å². The number of hydrogen-bond donors (Lipinski definition) is 0. The summed E-state index contributed by atoms with van der Waals surface area (Å²) in [7, 11) is 0. The summed E-state index contributed by atoms with van der Waals surface area (Å²) in [5.74, 6) is 0.229. The van der Waals surface area contributed by atoms with E-state index in [2.05, 4.69) is 25.9 Å². The van der Waals surface area contributed by atoms with Gasteiger partial charge >= 0.3 is 0 Å². The highest BCUT2D eigenvalue weighted by atomic mass is 79.9. The van der Waals surface area contributed by atoms with E-state index in [1.54, 1.807) is 17.4 Å². The lowest BCUT2D eigenvalue weighted by molar-refractivity contribution is 0.627. The molecular formula is C15H9BrClFN2S. The van der Waals surface area contributed by atoms with Crippen molar-refractivity contribution in [2.45, 2.75) is 19.3 Å². The quantitative estimate of drug-likeness (QED) is 0.526. The van der Waals surface area contributed by atoms with Gasteiger partial charge in [-0.1, -0.05) is 11.6 Å². The van der Waals surface area contributed by atoms with Crippen molar-refractivity contribution in [2.24, 2.45) is 0 Å². The van der Waals surface area contributed by atoms with Crippen molar-refractivity contribution in [1.29, 1.82) is 0 Å². The van der Waals surface area contributed by atoms with Gasteiger partial charge in [0.25, 0.3) is 0 Å². The minimum atomic E-state index is -0.298. The maximum Gasteiger partial charge on any atom is 0.163 e. The summed E-state index contributed by atoms with van der Waals surface area (Å²) < 4.78 is 13.8. The van der Waals surface area contributed by atoms with E-state index < -0.39 is 0 Å². The minimum absolute atomic E-state index is 0.298. The van der Waals surface area contributed by atoms with Crippen LogP contribution in [0, 0.1) is 5.82 Å². The number of nitrogens with zero attached hydrogens (tertiary/aromatic N) is 2. The Bertz CT molecular complexity index is 878. The SMILES string of the molecule is Fc1ccc(-c2nc(Cl)c3c4c(sc3n2)CCC4)c(Br)c1. The van der Waals surface area contributed by atoms with Gasteiger partial charge in [-0.3, -0.25) is 0 Å². The second-order valence-corrected chi connectivity index (χ2v) is 7.30. The van der Waals surface area contributed by atoms with Crippen LogP contribution in [0.3, 0.4) is 0 Å². The largest absolute Gasteiger partial charge is 0.217 e. The van der Waals surface area contributed by atoms with E-state index in [0.717, 1.165) is 28.6 Å². The van der Waals surface area contributed by atoms with Gasteiger partial charge in [-0.05, 0) is 59.0 Å². The first-order chi connectivity index (χ1) is 10.1. The van der Waals surface area contributed by atoms with Gasteiger partial charge in [0.15, 0.2) is 5.82 Å². The molecule has 0 saturated heterocycles. The van der Waals surface area contributed by atoms with E-state index in [-0.39, 0.29) is 5.82 Å². The molecule has 3 aromatic rings. The van der Waals surface area contributed by atoms with Crippen LogP contribution in [0.5, 0.6) is 0 Å². The van der Waals surface area contributed by atoms with Crippen molar-refractivity contribution in [3.8, 4) is 11.4 Å². The number of aryl methyl sites for hydroxylation is 2. The summed E-state index contributed by atoms with van der Waals surface area (Å²) in [6, 6.07) is 4.47. The molecule has 106 valence electrons. The average Bonchev–Trinajstić information content (AvgIpc) is 2.98. The molecule has 0 bridgehead atoms. The van der Waals surface area contributed by atoms with E-state index in [9.17, 15) is 4.39 Å². The topological polar surface area (TPSA) is 25.8 Å². The Labute approximate surface area is 138 Å². The van der Waals surface area contributed by atoms with Crippen LogP contribution in [0.4, 0.5) is 4.39 Å². The molecule has 0 N–H and O–H groups in total. The summed E-state index contributed by atoms with van der Waals surface area (Å²) in [6.07, 6.45) is 3.33. The van der Waals surface area contributed by atoms with Gasteiger partial charge < -0.3 is 0 Å². The molecule has 1 aromatic carbocycles. The molecule has 0 amide bonds. The van der Waals surface area contributed by atoms with Crippen molar-refractivity contribution in [3.05, 3.63) is 44.1 Å². The van der Waals surface area contributed by atoms with Crippen molar-refractivity contribution in [2.75, 3.05) is 0 Å². The predicted molar refractivity (Wildman–Crippen MR) is 87.5 cm³/mol. The molecule has 0 aliphatic heterocycles. The molecule has 0 atom stereocenters. The van der Waals surface area contributed by atoms with E-state index in [1.165, 1.54) is 29.0 Å². The summed E-state index contributed by atoms with van der Waals surface area (Å²) >= 11 is 11.4. The third-order valence-corrected chi connectivity index (χ3v) is 5.81. The molecule has 0 radical (unpaired) electrons. The third kappa shape index (κ3) is 2.18. The van der Waals surface area contributed by atoms with E-state index >= 15 is 0 Å². The zero-order valence-corrected chi connectivity index (χ0v) is 13.9. The number of aromatic nitrogens is 2. The second kappa shape index (κ2) is 5.00. The van der Waals surface area contributed by atoms with Gasteiger partial charge in [0.1, 0.15) is 15.8 Å². The summed E-state index contributed by atoms with van der Waals surface area (Å²) in [5.41, 5.74) is 2.05. The molecule has 0 saturated carbocycles. The lowest BCUT2D eigenvalue weighted by Crippen LogP contribution is -1.92. The summed E-state index contributed by atoms with van der Waals surface area (Å²) in [5, 5.41) is 1.49. The van der Waals surface area contributed by atoms with Crippen LogP contribution in [0.2, 0.25) is 5.15 Å². The average molecular weight is 384 g/mol. The maximum absolute atomic E-state index is 13.2. The normalized spacial score (nSPS) is 13.9. The van der Waals surface area contributed by atoms with E-state index in [0.29, 0.717) is 15.5 Å². The van der Waals surface area contributed by atoms with Crippen LogP contribution in [0.25, 0.3) is 21.6 Å². The maximum atomic E-state index is 13.2. The number of rotatable bonds is 1. The van der Waals surface area contributed by atoms with Crippen LogP contribution < -0.4 is 0 Å². The Kier molecular flexibility index (Phi) is 3.24. The number of fused-ring (bicyclic) bond motifs is 3. The fourth-order valence-corrected chi connectivity index (χ4v) is 4.87. The molecule has 21 heavy (non-hydrogen) atoms. The molecule has 2 nitrogen and oxygen atoms in total. The van der Waals surface area contributed by atoms with Gasteiger partial charge in [0, 0.05) is 14.9 Å². The number of thiophene rings is 1. The zero-order valence-electron chi connectivity index (χ0n) is 10.8. The highest BCUT2D eigenvalue weighted by Crippen LogP contribution is 2.40. The van der Waals surface area contributed by atoms with Gasteiger partial charge in [-0.15, -0.1) is 11.3 Å². The van der Waals surface area contributed by atoms with Crippen LogP contribution in [0.1, 0.15) is 16.9 Å². The van der Waals surface area contributed by atoms with Gasteiger partial charge in [0.05, 0.1) is 5.39 Å². The van der Waals surface area contributed by atoms with Crippen molar-refractivity contribution in [3.63, 3.8) is 0 Å². The first kappa shape index (κ1) is 13.6. The van der Waals surface area contributed by atoms with E-state index in [4.69, 9.17) is 11.6 Å². The monoisotopic (exact) mass is 382 g/mol. The highest BCUT2D eigenvalue weighted by Gasteiger charge is 2.22. The van der Waals surface area contributed by atoms with Crippen molar-refractivity contribution in [1.82, 2.24) is 9.97 Å².